The van der Waals surface area contributed by atoms with Crippen LogP contribution in [0.3, 0.4) is 0 Å². The Kier molecular flexibility index (Phi) is 4.64. The molecule has 1 saturated carbocycles. The number of likely N-dealkylation sites (tertiary alicyclic amines) is 1. The van der Waals surface area contributed by atoms with Crippen molar-refractivity contribution >= 4 is 5.91 Å². The third kappa shape index (κ3) is 3.53. The first-order valence-electron chi connectivity index (χ1n) is 8.30. The Balaban J connectivity index is 1.71. The van der Waals surface area contributed by atoms with Crippen LogP contribution in [-0.2, 0) is 4.79 Å². The third-order valence-electron chi connectivity index (χ3n) is 5.16. The number of carbonyl (C=O) groups is 1. The van der Waals surface area contributed by atoms with Crippen molar-refractivity contribution in [2.24, 2.45) is 11.8 Å². The standard InChI is InChI=1S/C16H22F3N3O/c17-16(18,19)14-6-2-1-5-13(14)15(23)21-8-3-4-12(10-21)22-9-7-20-11-22/h7,9,11-14H,1-6,8,10H2/t12-,13+,14+/m0/s1. The van der Waals surface area contributed by atoms with Crippen molar-refractivity contribution in [1.82, 2.24) is 14.5 Å². The van der Waals surface area contributed by atoms with Gasteiger partial charge in [0.15, 0.2) is 0 Å². The predicted molar refractivity (Wildman–Crippen MR) is 78.6 cm³/mol. The second-order valence-electron chi connectivity index (χ2n) is 6.63. The van der Waals surface area contributed by atoms with Crippen LogP contribution >= 0.6 is 0 Å². The van der Waals surface area contributed by atoms with E-state index in [0.717, 1.165) is 12.8 Å². The number of rotatable bonds is 2. The molecule has 3 rings (SSSR count). The zero-order chi connectivity index (χ0) is 16.4. The van der Waals surface area contributed by atoms with E-state index in [9.17, 15) is 18.0 Å². The van der Waals surface area contributed by atoms with Crippen LogP contribution in [0.4, 0.5) is 13.2 Å². The Hall–Kier alpha value is -1.53. The van der Waals surface area contributed by atoms with Gasteiger partial charge in [-0.1, -0.05) is 12.8 Å². The molecule has 2 heterocycles. The Labute approximate surface area is 133 Å². The highest BCUT2D eigenvalue weighted by atomic mass is 19.4. The van der Waals surface area contributed by atoms with Crippen molar-refractivity contribution in [3.8, 4) is 0 Å². The third-order valence-corrected chi connectivity index (χ3v) is 5.16. The summed E-state index contributed by atoms with van der Waals surface area (Å²) in [7, 11) is 0. The summed E-state index contributed by atoms with van der Waals surface area (Å²) in [6.45, 7) is 1.04. The lowest BCUT2D eigenvalue weighted by Crippen LogP contribution is -2.48. The average Bonchev–Trinajstić information content (AvgIpc) is 3.08. The molecule has 0 bridgehead atoms. The zero-order valence-electron chi connectivity index (χ0n) is 13.0. The van der Waals surface area contributed by atoms with E-state index >= 15 is 0 Å². The van der Waals surface area contributed by atoms with Crippen molar-refractivity contribution in [2.75, 3.05) is 13.1 Å². The molecule has 1 aliphatic heterocycles. The number of halogens is 3. The molecule has 1 aromatic rings. The maximum absolute atomic E-state index is 13.2. The van der Waals surface area contributed by atoms with E-state index in [2.05, 4.69) is 4.98 Å². The van der Waals surface area contributed by atoms with Crippen LogP contribution in [0.5, 0.6) is 0 Å². The largest absolute Gasteiger partial charge is 0.392 e. The van der Waals surface area contributed by atoms with Gasteiger partial charge in [-0.3, -0.25) is 4.79 Å². The fourth-order valence-corrected chi connectivity index (χ4v) is 3.94. The molecule has 1 saturated heterocycles. The van der Waals surface area contributed by atoms with Crippen molar-refractivity contribution in [3.63, 3.8) is 0 Å². The monoisotopic (exact) mass is 329 g/mol. The SMILES string of the molecule is O=C([C@@H]1CCCC[C@H]1C(F)(F)F)N1CCC[C@H](n2ccnc2)C1. The van der Waals surface area contributed by atoms with Crippen LogP contribution in [-0.4, -0.2) is 39.6 Å². The Bertz CT molecular complexity index is 529. The minimum atomic E-state index is -4.28. The molecule has 23 heavy (non-hydrogen) atoms. The van der Waals surface area contributed by atoms with Gasteiger partial charge in [-0.15, -0.1) is 0 Å². The molecule has 2 aliphatic rings. The van der Waals surface area contributed by atoms with Gasteiger partial charge in [0.05, 0.1) is 18.3 Å². The molecule has 7 heteroatoms. The number of piperidine rings is 1. The summed E-state index contributed by atoms with van der Waals surface area (Å²) in [6, 6.07) is 0.114. The number of aromatic nitrogens is 2. The number of hydrogen-bond donors (Lipinski definition) is 0. The van der Waals surface area contributed by atoms with E-state index in [4.69, 9.17) is 0 Å². The van der Waals surface area contributed by atoms with Crippen molar-refractivity contribution in [1.29, 1.82) is 0 Å². The summed E-state index contributed by atoms with van der Waals surface area (Å²) in [5, 5.41) is 0. The van der Waals surface area contributed by atoms with Crippen LogP contribution in [0.1, 0.15) is 44.6 Å². The van der Waals surface area contributed by atoms with Crippen molar-refractivity contribution < 1.29 is 18.0 Å². The van der Waals surface area contributed by atoms with Gasteiger partial charge in [0, 0.05) is 31.4 Å². The Morgan fingerprint density at radius 2 is 1.91 bits per heavy atom. The molecule has 0 spiro atoms. The van der Waals surface area contributed by atoms with Crippen LogP contribution < -0.4 is 0 Å². The topological polar surface area (TPSA) is 38.1 Å². The highest BCUT2D eigenvalue weighted by Crippen LogP contribution is 2.42. The lowest BCUT2D eigenvalue weighted by molar-refractivity contribution is -0.201. The lowest BCUT2D eigenvalue weighted by atomic mass is 9.77. The smallest absolute Gasteiger partial charge is 0.340 e. The van der Waals surface area contributed by atoms with E-state index in [1.54, 1.807) is 17.4 Å². The lowest BCUT2D eigenvalue weighted by Gasteiger charge is -2.39. The molecule has 2 fully saturated rings. The van der Waals surface area contributed by atoms with Crippen molar-refractivity contribution in [3.05, 3.63) is 18.7 Å². The summed E-state index contributed by atoms with van der Waals surface area (Å²) in [5.41, 5.74) is 0. The van der Waals surface area contributed by atoms with E-state index in [1.165, 1.54) is 0 Å². The number of hydrogen-bond acceptors (Lipinski definition) is 2. The highest BCUT2D eigenvalue weighted by molar-refractivity contribution is 5.79. The van der Waals surface area contributed by atoms with Crippen LogP contribution in [0.2, 0.25) is 0 Å². The molecule has 4 nitrogen and oxygen atoms in total. The zero-order valence-corrected chi connectivity index (χ0v) is 13.0. The maximum Gasteiger partial charge on any atom is 0.392 e. The van der Waals surface area contributed by atoms with Crippen LogP contribution in [0.25, 0.3) is 0 Å². The molecule has 0 N–H and O–H groups in total. The van der Waals surface area contributed by atoms with E-state index in [1.807, 2.05) is 10.8 Å². The van der Waals surface area contributed by atoms with Gasteiger partial charge in [0.25, 0.3) is 0 Å². The van der Waals surface area contributed by atoms with Gasteiger partial charge < -0.3 is 9.47 Å². The van der Waals surface area contributed by atoms with Gasteiger partial charge in [0.1, 0.15) is 0 Å². The van der Waals surface area contributed by atoms with Gasteiger partial charge in [-0.2, -0.15) is 13.2 Å². The summed E-state index contributed by atoms with van der Waals surface area (Å²) >= 11 is 0. The van der Waals surface area contributed by atoms with Crippen LogP contribution in [0.15, 0.2) is 18.7 Å². The summed E-state index contributed by atoms with van der Waals surface area (Å²) in [5.74, 6) is -2.68. The van der Waals surface area contributed by atoms with E-state index < -0.39 is 18.0 Å². The number of carbonyl (C=O) groups excluding carboxylic acids is 1. The minimum Gasteiger partial charge on any atom is -0.340 e. The molecule has 1 aliphatic carbocycles. The summed E-state index contributed by atoms with van der Waals surface area (Å²) < 4.78 is 41.7. The minimum absolute atomic E-state index is 0.0820. The Morgan fingerprint density at radius 1 is 1.13 bits per heavy atom. The number of amides is 1. The molecule has 0 radical (unpaired) electrons. The normalized spacial score (nSPS) is 29.5. The van der Waals surface area contributed by atoms with Crippen LogP contribution in [0, 0.1) is 11.8 Å². The molecule has 1 aromatic heterocycles. The maximum atomic E-state index is 13.2. The second-order valence-corrected chi connectivity index (χ2v) is 6.63. The summed E-state index contributed by atoms with van der Waals surface area (Å²) in [6.07, 6.45) is 4.41. The van der Waals surface area contributed by atoms with Gasteiger partial charge in [-0.05, 0) is 25.7 Å². The number of alkyl halides is 3. The summed E-state index contributed by atoms with van der Waals surface area (Å²) in [4.78, 5) is 18.4. The number of imidazole rings is 1. The van der Waals surface area contributed by atoms with Gasteiger partial charge >= 0.3 is 6.18 Å². The first kappa shape index (κ1) is 16.3. The molecular weight excluding hydrogens is 307 g/mol. The van der Waals surface area contributed by atoms with Crippen molar-refractivity contribution in [2.45, 2.75) is 50.7 Å². The van der Waals surface area contributed by atoms with E-state index in [-0.39, 0.29) is 18.4 Å². The van der Waals surface area contributed by atoms with Gasteiger partial charge in [0.2, 0.25) is 5.91 Å². The first-order chi connectivity index (χ1) is 11.0. The molecular formula is C16H22F3N3O. The molecule has 3 atom stereocenters. The average molecular weight is 329 g/mol. The molecule has 128 valence electrons. The Morgan fingerprint density at radius 3 is 2.61 bits per heavy atom. The highest BCUT2D eigenvalue weighted by Gasteiger charge is 2.49. The first-order valence-corrected chi connectivity index (χ1v) is 8.30. The van der Waals surface area contributed by atoms with E-state index in [0.29, 0.717) is 32.4 Å². The number of nitrogens with zero attached hydrogens (tertiary/aromatic N) is 3. The quantitative estimate of drug-likeness (QED) is 0.834. The fraction of sp³-hybridized carbons (Fsp3) is 0.750. The predicted octanol–water partition coefficient (Wildman–Crippen LogP) is 3.42. The second kappa shape index (κ2) is 6.53. The molecule has 0 aromatic carbocycles. The molecule has 1 amide bonds. The fourth-order valence-electron chi connectivity index (χ4n) is 3.94. The molecule has 0 unspecified atom stereocenters. The van der Waals surface area contributed by atoms with Gasteiger partial charge in [-0.25, -0.2) is 4.98 Å².